The van der Waals surface area contributed by atoms with E-state index >= 15 is 4.39 Å². The molecular weight excluding hydrogens is 654 g/mol. The number of methoxy groups -OCH3 is 1. The van der Waals surface area contributed by atoms with Crippen molar-refractivity contribution < 1.29 is 35.8 Å². The van der Waals surface area contributed by atoms with Gasteiger partial charge < -0.3 is 25.8 Å². The highest BCUT2D eigenvalue weighted by atomic mass is 19.4. The van der Waals surface area contributed by atoms with Gasteiger partial charge in [-0.1, -0.05) is 6.07 Å². The molecule has 4 aromatic rings. The van der Waals surface area contributed by atoms with Crippen LogP contribution in [0, 0.1) is 18.6 Å². The Morgan fingerprint density at radius 2 is 1.86 bits per heavy atom. The molecule has 3 aromatic heterocycles. The van der Waals surface area contributed by atoms with Gasteiger partial charge in [-0.2, -0.15) is 23.1 Å². The third-order valence-corrected chi connectivity index (χ3v) is 9.25. The molecule has 0 bridgehead atoms. The van der Waals surface area contributed by atoms with Gasteiger partial charge in [0, 0.05) is 29.9 Å². The summed E-state index contributed by atoms with van der Waals surface area (Å²) in [5.74, 6) is -2.25. The Bertz CT molecular complexity index is 1880. The minimum Gasteiger partial charge on any atom is -0.472 e. The predicted octanol–water partition coefficient (Wildman–Crippen LogP) is 6.41. The number of anilines is 3. The van der Waals surface area contributed by atoms with Crippen LogP contribution in [-0.2, 0) is 6.18 Å². The lowest BCUT2D eigenvalue weighted by atomic mass is 9.96. The molecule has 7 rings (SSSR count). The summed E-state index contributed by atoms with van der Waals surface area (Å²) in [6.07, 6.45) is -1.30. The summed E-state index contributed by atoms with van der Waals surface area (Å²) in [7, 11) is 1.27. The van der Waals surface area contributed by atoms with Crippen molar-refractivity contribution in [3.05, 3.63) is 52.7 Å². The zero-order valence-electron chi connectivity index (χ0n) is 27.3. The monoisotopic (exact) mass is 690 g/mol. The average Bonchev–Trinajstić information content (AvgIpc) is 3.59. The number of nitrogens with zero attached hydrogens (tertiary/aromatic N) is 6. The Labute approximate surface area is 278 Å². The average molecular weight is 691 g/mol. The van der Waals surface area contributed by atoms with Gasteiger partial charge in [-0.25, -0.2) is 23.1 Å². The van der Waals surface area contributed by atoms with Crippen molar-refractivity contribution in [2.45, 2.75) is 70.6 Å². The SMILES string of the molecule is COc1nc2c3c(nc(-c4cc(N)c(F)c(C)c4C(F)(F)F)c(F)c3n1)OC(C)CN2C(C)c1cccnc1N.FC1CC2CCCN2C1. The zero-order chi connectivity index (χ0) is 35.4. The molecule has 6 heterocycles. The molecule has 0 saturated carbocycles. The van der Waals surface area contributed by atoms with Gasteiger partial charge in [-0.15, -0.1) is 0 Å². The minimum absolute atomic E-state index is 0.0149. The standard InChI is InChI=1S/C26H24F5N7O2.C7H12FN/c1-10-9-38(12(3)13-6-5-7-34-22(13)33)23-16-21(36-25(37-23)39-4)19(28)20(35-24(16)40-10)14-8-15(32)18(27)11(2)17(14)26(29,30)31;8-6-4-7-2-1-3-9(7)5-6/h5-8,10,12H,9,32H2,1-4H3,(H2,33,34);6-7H,1-5H2. The maximum atomic E-state index is 16.3. The molecule has 2 fully saturated rings. The summed E-state index contributed by atoms with van der Waals surface area (Å²) in [5.41, 5.74) is 7.70. The Kier molecular flexibility index (Phi) is 9.11. The fourth-order valence-corrected chi connectivity index (χ4v) is 6.95. The lowest BCUT2D eigenvalue weighted by Gasteiger charge is -2.31. The molecule has 3 aliphatic heterocycles. The minimum atomic E-state index is -5.05. The van der Waals surface area contributed by atoms with Crippen molar-refractivity contribution in [2.75, 3.05) is 43.1 Å². The number of benzene rings is 1. The number of rotatable bonds is 4. The Morgan fingerprint density at radius 3 is 2.53 bits per heavy atom. The van der Waals surface area contributed by atoms with Crippen LogP contribution in [0.5, 0.6) is 11.9 Å². The third-order valence-electron chi connectivity index (χ3n) is 9.25. The van der Waals surface area contributed by atoms with Crippen molar-refractivity contribution in [3.8, 4) is 23.1 Å². The summed E-state index contributed by atoms with van der Waals surface area (Å²) < 4.78 is 96.9. The summed E-state index contributed by atoms with van der Waals surface area (Å²) in [6.45, 7) is 6.52. The second kappa shape index (κ2) is 13.0. The van der Waals surface area contributed by atoms with Crippen LogP contribution in [0.2, 0.25) is 0 Å². The molecule has 16 heteroatoms. The first kappa shape index (κ1) is 34.3. The molecule has 0 spiro atoms. The maximum Gasteiger partial charge on any atom is 0.417 e. The largest absolute Gasteiger partial charge is 0.472 e. The highest BCUT2D eigenvalue weighted by Gasteiger charge is 2.40. The summed E-state index contributed by atoms with van der Waals surface area (Å²) in [6, 6.07) is 4.11. The number of nitrogens with two attached hydrogens (primary N) is 2. The normalized spacial score (nSPS) is 21.1. The van der Waals surface area contributed by atoms with E-state index in [4.69, 9.17) is 20.9 Å². The summed E-state index contributed by atoms with van der Waals surface area (Å²) in [4.78, 5) is 20.9. The fourth-order valence-electron chi connectivity index (χ4n) is 6.95. The molecule has 0 aliphatic carbocycles. The molecule has 0 radical (unpaired) electrons. The number of aromatic nitrogens is 4. The Hall–Kier alpha value is -4.60. The van der Waals surface area contributed by atoms with Gasteiger partial charge in [-0.3, -0.25) is 4.90 Å². The molecule has 1 aromatic carbocycles. The number of halogens is 6. The highest BCUT2D eigenvalue weighted by molar-refractivity contribution is 5.97. The molecule has 2 saturated heterocycles. The number of hydrogen-bond acceptors (Lipinski definition) is 10. The van der Waals surface area contributed by atoms with Gasteiger partial charge in [0.1, 0.15) is 46.3 Å². The van der Waals surface area contributed by atoms with E-state index in [2.05, 4.69) is 24.8 Å². The lowest BCUT2D eigenvalue weighted by molar-refractivity contribution is -0.137. The van der Waals surface area contributed by atoms with E-state index in [-0.39, 0.29) is 35.5 Å². The Balaban J connectivity index is 0.000000396. The van der Waals surface area contributed by atoms with Gasteiger partial charge >= 0.3 is 12.2 Å². The van der Waals surface area contributed by atoms with Gasteiger partial charge in [0.15, 0.2) is 5.82 Å². The zero-order valence-corrected chi connectivity index (χ0v) is 27.3. The van der Waals surface area contributed by atoms with E-state index < -0.39 is 69.7 Å². The van der Waals surface area contributed by atoms with Crippen molar-refractivity contribution in [2.24, 2.45) is 0 Å². The van der Waals surface area contributed by atoms with Gasteiger partial charge in [-0.05, 0) is 64.3 Å². The fraction of sp³-hybridized carbons (Fsp3) is 0.455. The van der Waals surface area contributed by atoms with Gasteiger partial charge in [0.05, 0.1) is 30.9 Å². The van der Waals surface area contributed by atoms with E-state index in [9.17, 15) is 22.0 Å². The second-order valence-electron chi connectivity index (χ2n) is 12.5. The number of hydrogen-bond donors (Lipinski definition) is 2. The van der Waals surface area contributed by atoms with E-state index in [0.29, 0.717) is 24.2 Å². The number of alkyl halides is 4. The van der Waals surface area contributed by atoms with Crippen molar-refractivity contribution in [1.82, 2.24) is 24.8 Å². The summed E-state index contributed by atoms with van der Waals surface area (Å²) in [5, 5.41) is 0.0149. The van der Waals surface area contributed by atoms with Gasteiger partial charge in [0.2, 0.25) is 5.88 Å². The molecule has 262 valence electrons. The van der Waals surface area contributed by atoms with E-state index in [1.54, 1.807) is 30.2 Å². The molecule has 3 aliphatic rings. The molecule has 4 N–H and O–H groups in total. The van der Waals surface area contributed by atoms with Crippen molar-refractivity contribution in [3.63, 3.8) is 0 Å². The Morgan fingerprint density at radius 1 is 1.10 bits per heavy atom. The molecule has 4 unspecified atom stereocenters. The van der Waals surface area contributed by atoms with E-state index in [1.807, 2.05) is 6.92 Å². The molecule has 49 heavy (non-hydrogen) atoms. The molecule has 10 nitrogen and oxygen atoms in total. The molecule has 0 amide bonds. The second-order valence-corrected chi connectivity index (χ2v) is 12.5. The van der Waals surface area contributed by atoms with Crippen LogP contribution < -0.4 is 25.8 Å². The first-order valence-corrected chi connectivity index (χ1v) is 15.8. The smallest absolute Gasteiger partial charge is 0.417 e. The predicted molar refractivity (Wildman–Crippen MR) is 172 cm³/mol. The van der Waals surface area contributed by atoms with Crippen LogP contribution in [0.1, 0.15) is 55.8 Å². The number of ether oxygens (including phenoxy) is 2. The topological polar surface area (TPSA) is 129 Å². The van der Waals surface area contributed by atoms with Crippen molar-refractivity contribution in [1.29, 1.82) is 0 Å². The first-order valence-electron chi connectivity index (χ1n) is 15.8. The van der Waals surface area contributed by atoms with Crippen molar-refractivity contribution >= 4 is 28.2 Å². The third kappa shape index (κ3) is 6.33. The van der Waals surface area contributed by atoms with E-state index in [0.717, 1.165) is 19.9 Å². The van der Waals surface area contributed by atoms with Gasteiger partial charge in [0.25, 0.3) is 0 Å². The number of nitrogen functional groups attached to an aromatic ring is 2. The summed E-state index contributed by atoms with van der Waals surface area (Å²) >= 11 is 0. The number of pyridine rings is 2. The van der Waals surface area contributed by atoms with Crippen LogP contribution in [0.4, 0.5) is 43.7 Å². The van der Waals surface area contributed by atoms with Crippen LogP contribution in [-0.4, -0.2) is 69.9 Å². The molecule has 4 atom stereocenters. The quantitative estimate of drug-likeness (QED) is 0.183. The lowest BCUT2D eigenvalue weighted by Crippen LogP contribution is -2.35. The maximum absolute atomic E-state index is 16.3. The van der Waals surface area contributed by atoms with Crippen LogP contribution in [0.25, 0.3) is 22.2 Å². The van der Waals surface area contributed by atoms with Crippen LogP contribution in [0.15, 0.2) is 24.4 Å². The highest BCUT2D eigenvalue weighted by Crippen LogP contribution is 2.46. The first-order chi connectivity index (χ1) is 23.2. The van der Waals surface area contributed by atoms with E-state index in [1.165, 1.54) is 20.0 Å². The van der Waals surface area contributed by atoms with Crippen LogP contribution >= 0.6 is 0 Å². The molecular formula is C33H36F6N8O2. The number of fused-ring (bicyclic) bond motifs is 1. The van der Waals surface area contributed by atoms with Crippen LogP contribution in [0.3, 0.4) is 0 Å².